The smallest absolute Gasteiger partial charge is 0.242 e. The minimum atomic E-state index is -0.653. The molecule has 0 heterocycles. The molecule has 2 amide bonds. The standard InChI is InChI=1S/C25H35N3O3/c1-4-5-15-26-24(30)21(16-19-11-7-6-8-12-19)28-25(31)23(18(2)3)27-17-20-13-9-10-14-22(20)29/h6-14,18,21,23,27,29H,4-5,15-17H2,1-3H3,(H,26,30)(H,28,31)/t21-,23-/m0/s1. The van der Waals surface area contributed by atoms with Crippen molar-refractivity contribution in [2.24, 2.45) is 5.92 Å². The summed E-state index contributed by atoms with van der Waals surface area (Å²) in [4.78, 5) is 25.9. The number of rotatable bonds is 12. The third kappa shape index (κ3) is 8.06. The Morgan fingerprint density at radius 3 is 2.29 bits per heavy atom. The number of nitrogens with one attached hydrogen (secondary N) is 3. The van der Waals surface area contributed by atoms with E-state index < -0.39 is 12.1 Å². The van der Waals surface area contributed by atoms with E-state index in [4.69, 9.17) is 0 Å². The van der Waals surface area contributed by atoms with Gasteiger partial charge in [0.1, 0.15) is 11.8 Å². The largest absolute Gasteiger partial charge is 0.508 e. The van der Waals surface area contributed by atoms with Gasteiger partial charge in [0.2, 0.25) is 11.8 Å². The molecule has 0 unspecified atom stereocenters. The van der Waals surface area contributed by atoms with Crippen molar-refractivity contribution in [3.63, 3.8) is 0 Å². The van der Waals surface area contributed by atoms with Crippen LogP contribution in [0.3, 0.4) is 0 Å². The minimum Gasteiger partial charge on any atom is -0.508 e. The Labute approximate surface area is 185 Å². The van der Waals surface area contributed by atoms with E-state index >= 15 is 0 Å². The number of aromatic hydroxyl groups is 1. The molecule has 0 aromatic heterocycles. The minimum absolute atomic E-state index is 0.00591. The molecule has 0 radical (unpaired) electrons. The van der Waals surface area contributed by atoms with Gasteiger partial charge in [-0.15, -0.1) is 0 Å². The number of hydrogen-bond donors (Lipinski definition) is 4. The molecular formula is C25H35N3O3. The zero-order chi connectivity index (χ0) is 22.6. The highest BCUT2D eigenvalue weighted by Crippen LogP contribution is 2.16. The van der Waals surface area contributed by atoms with Gasteiger partial charge in [-0.1, -0.05) is 75.7 Å². The van der Waals surface area contributed by atoms with Crippen molar-refractivity contribution in [1.82, 2.24) is 16.0 Å². The maximum absolute atomic E-state index is 13.1. The van der Waals surface area contributed by atoms with E-state index in [-0.39, 0.29) is 23.5 Å². The Hall–Kier alpha value is -2.86. The van der Waals surface area contributed by atoms with E-state index in [1.165, 1.54) is 0 Å². The molecule has 6 heteroatoms. The zero-order valence-corrected chi connectivity index (χ0v) is 18.7. The maximum atomic E-state index is 13.1. The van der Waals surface area contributed by atoms with Gasteiger partial charge < -0.3 is 21.1 Å². The van der Waals surface area contributed by atoms with E-state index in [0.717, 1.165) is 24.0 Å². The molecule has 4 N–H and O–H groups in total. The average molecular weight is 426 g/mol. The Kier molecular flexibility index (Phi) is 10.0. The van der Waals surface area contributed by atoms with Crippen LogP contribution in [0.2, 0.25) is 0 Å². The molecule has 31 heavy (non-hydrogen) atoms. The van der Waals surface area contributed by atoms with Crippen molar-refractivity contribution in [2.45, 2.75) is 58.7 Å². The average Bonchev–Trinajstić information content (AvgIpc) is 2.75. The van der Waals surface area contributed by atoms with Crippen LogP contribution in [-0.4, -0.2) is 35.5 Å². The summed E-state index contributed by atoms with van der Waals surface area (Å²) in [6.45, 7) is 6.93. The van der Waals surface area contributed by atoms with Gasteiger partial charge in [0.15, 0.2) is 0 Å². The molecule has 0 aliphatic carbocycles. The second-order valence-corrected chi connectivity index (χ2v) is 8.13. The molecule has 168 valence electrons. The maximum Gasteiger partial charge on any atom is 0.242 e. The Morgan fingerprint density at radius 1 is 0.968 bits per heavy atom. The van der Waals surface area contributed by atoms with Crippen LogP contribution < -0.4 is 16.0 Å². The van der Waals surface area contributed by atoms with Gasteiger partial charge in [0, 0.05) is 25.1 Å². The molecule has 0 bridgehead atoms. The summed E-state index contributed by atoms with van der Waals surface area (Å²) in [5, 5.41) is 19.1. The summed E-state index contributed by atoms with van der Waals surface area (Å²) in [6.07, 6.45) is 2.31. The SMILES string of the molecule is CCCCNC(=O)[C@H](Cc1ccccc1)NC(=O)[C@@H](NCc1ccccc1O)C(C)C. The number of carbonyl (C=O) groups excluding carboxylic acids is 2. The highest BCUT2D eigenvalue weighted by molar-refractivity contribution is 5.90. The lowest BCUT2D eigenvalue weighted by Gasteiger charge is -2.25. The van der Waals surface area contributed by atoms with Crippen LogP contribution in [0, 0.1) is 5.92 Å². The van der Waals surface area contributed by atoms with Gasteiger partial charge in [0.25, 0.3) is 0 Å². The van der Waals surface area contributed by atoms with Crippen LogP contribution in [0.25, 0.3) is 0 Å². The van der Waals surface area contributed by atoms with Crippen molar-refractivity contribution in [3.05, 3.63) is 65.7 Å². The Bertz CT molecular complexity index is 824. The third-order valence-electron chi connectivity index (χ3n) is 5.20. The lowest BCUT2D eigenvalue weighted by molar-refractivity contribution is -0.130. The number of para-hydroxylation sites is 1. The van der Waals surface area contributed by atoms with Gasteiger partial charge in [-0.25, -0.2) is 0 Å². The van der Waals surface area contributed by atoms with Gasteiger partial charge in [0.05, 0.1) is 6.04 Å². The molecule has 0 aliphatic rings. The van der Waals surface area contributed by atoms with E-state index in [1.807, 2.05) is 56.3 Å². The molecule has 2 rings (SSSR count). The number of phenols is 1. The van der Waals surface area contributed by atoms with Crippen molar-refractivity contribution in [3.8, 4) is 5.75 Å². The number of benzene rings is 2. The lowest BCUT2D eigenvalue weighted by atomic mass is 10.0. The normalized spacial score (nSPS) is 12.9. The molecule has 0 fully saturated rings. The number of phenolic OH excluding ortho intramolecular Hbond substituents is 1. The molecular weight excluding hydrogens is 390 g/mol. The molecule has 0 saturated carbocycles. The van der Waals surface area contributed by atoms with E-state index in [9.17, 15) is 14.7 Å². The van der Waals surface area contributed by atoms with E-state index in [2.05, 4.69) is 22.9 Å². The van der Waals surface area contributed by atoms with Gasteiger partial charge >= 0.3 is 0 Å². The molecule has 0 aliphatic heterocycles. The van der Waals surface area contributed by atoms with Crippen LogP contribution in [0.15, 0.2) is 54.6 Å². The molecule has 2 atom stereocenters. The Morgan fingerprint density at radius 2 is 1.65 bits per heavy atom. The van der Waals surface area contributed by atoms with E-state index in [0.29, 0.717) is 19.5 Å². The number of carbonyl (C=O) groups is 2. The first-order chi connectivity index (χ1) is 14.9. The quantitative estimate of drug-likeness (QED) is 0.393. The summed E-state index contributed by atoms with van der Waals surface area (Å²) in [7, 11) is 0. The van der Waals surface area contributed by atoms with Crippen molar-refractivity contribution in [1.29, 1.82) is 0 Å². The number of amides is 2. The first-order valence-electron chi connectivity index (χ1n) is 11.0. The first kappa shape index (κ1) is 24.4. The summed E-state index contributed by atoms with van der Waals surface area (Å²) < 4.78 is 0. The van der Waals surface area contributed by atoms with Gasteiger partial charge in [-0.2, -0.15) is 0 Å². The summed E-state index contributed by atoms with van der Waals surface area (Å²) in [5.41, 5.74) is 1.71. The monoisotopic (exact) mass is 425 g/mol. The zero-order valence-electron chi connectivity index (χ0n) is 18.7. The van der Waals surface area contributed by atoms with Crippen LogP contribution in [-0.2, 0) is 22.6 Å². The van der Waals surface area contributed by atoms with Crippen LogP contribution in [0.5, 0.6) is 5.75 Å². The molecule has 0 spiro atoms. The predicted octanol–water partition coefficient (Wildman–Crippen LogP) is 3.15. The number of hydrogen-bond acceptors (Lipinski definition) is 4. The van der Waals surface area contributed by atoms with Crippen molar-refractivity contribution < 1.29 is 14.7 Å². The Balaban J connectivity index is 2.08. The fourth-order valence-electron chi connectivity index (χ4n) is 3.34. The second-order valence-electron chi connectivity index (χ2n) is 8.13. The van der Waals surface area contributed by atoms with Crippen LogP contribution >= 0.6 is 0 Å². The summed E-state index contributed by atoms with van der Waals surface area (Å²) >= 11 is 0. The van der Waals surface area contributed by atoms with Crippen LogP contribution in [0.4, 0.5) is 0 Å². The second kappa shape index (κ2) is 12.7. The molecule has 6 nitrogen and oxygen atoms in total. The van der Waals surface area contributed by atoms with Crippen molar-refractivity contribution in [2.75, 3.05) is 6.54 Å². The van der Waals surface area contributed by atoms with E-state index in [1.54, 1.807) is 12.1 Å². The van der Waals surface area contributed by atoms with Crippen LogP contribution in [0.1, 0.15) is 44.7 Å². The number of unbranched alkanes of at least 4 members (excludes halogenated alkanes) is 1. The predicted molar refractivity (Wildman–Crippen MR) is 124 cm³/mol. The lowest BCUT2D eigenvalue weighted by Crippen LogP contribution is -2.55. The third-order valence-corrected chi connectivity index (χ3v) is 5.20. The highest BCUT2D eigenvalue weighted by Gasteiger charge is 2.27. The molecule has 0 saturated heterocycles. The van der Waals surface area contributed by atoms with Crippen molar-refractivity contribution >= 4 is 11.8 Å². The first-order valence-corrected chi connectivity index (χ1v) is 11.0. The highest BCUT2D eigenvalue weighted by atomic mass is 16.3. The summed E-state index contributed by atoms with van der Waals surface area (Å²) in [5.74, 6) is -0.201. The van der Waals surface area contributed by atoms with Gasteiger partial charge in [-0.05, 0) is 24.0 Å². The van der Waals surface area contributed by atoms with Gasteiger partial charge in [-0.3, -0.25) is 9.59 Å². The molecule has 2 aromatic rings. The fourth-order valence-corrected chi connectivity index (χ4v) is 3.34. The fraction of sp³-hybridized carbons (Fsp3) is 0.440. The topological polar surface area (TPSA) is 90.5 Å². The molecule has 2 aromatic carbocycles. The summed E-state index contributed by atoms with van der Waals surface area (Å²) in [6, 6.07) is 15.6.